The predicted octanol–water partition coefficient (Wildman–Crippen LogP) is 1.22. The van der Waals surface area contributed by atoms with Gasteiger partial charge in [0, 0.05) is 39.8 Å². The summed E-state index contributed by atoms with van der Waals surface area (Å²) in [7, 11) is 9.38. The highest BCUT2D eigenvalue weighted by Crippen LogP contribution is 2.12. The van der Waals surface area contributed by atoms with Crippen molar-refractivity contribution in [1.82, 2.24) is 29.9 Å². The van der Waals surface area contributed by atoms with Crippen LogP contribution in [0.4, 0.5) is 4.39 Å². The lowest BCUT2D eigenvalue weighted by Gasteiger charge is -2.21. The van der Waals surface area contributed by atoms with E-state index in [9.17, 15) is 4.39 Å². The Balaban J connectivity index is 1.99. The molecule has 1 heterocycles. The Hall–Kier alpha value is -2.48. The summed E-state index contributed by atoms with van der Waals surface area (Å²) in [5.41, 5.74) is 1.69. The van der Waals surface area contributed by atoms with Crippen LogP contribution in [0.2, 0.25) is 0 Å². The molecule has 0 bridgehead atoms. The predicted molar refractivity (Wildman–Crippen MR) is 96.5 cm³/mol. The Morgan fingerprint density at radius 3 is 2.64 bits per heavy atom. The molecule has 136 valence electrons. The molecule has 25 heavy (non-hydrogen) atoms. The van der Waals surface area contributed by atoms with E-state index >= 15 is 0 Å². The number of hydrogen-bond donors (Lipinski definition) is 1. The van der Waals surface area contributed by atoms with Crippen molar-refractivity contribution in [3.05, 3.63) is 47.3 Å². The number of aryl methyl sites for hydroxylation is 1. The maximum Gasteiger partial charge on any atom is 0.194 e. The molecule has 0 aliphatic heterocycles. The molecule has 1 aromatic carbocycles. The molecule has 0 spiro atoms. The minimum absolute atomic E-state index is 0.179. The molecule has 2 rings (SSSR count). The smallest absolute Gasteiger partial charge is 0.194 e. The van der Waals surface area contributed by atoms with Gasteiger partial charge < -0.3 is 15.1 Å². The summed E-state index contributed by atoms with van der Waals surface area (Å²) >= 11 is 0. The summed E-state index contributed by atoms with van der Waals surface area (Å²) < 4.78 is 15.6. The number of guanidine groups is 1. The zero-order valence-electron chi connectivity index (χ0n) is 15.5. The highest BCUT2D eigenvalue weighted by Gasteiger charge is 2.11. The molecular formula is C17H26FN7. The highest BCUT2D eigenvalue weighted by atomic mass is 19.1. The molecule has 0 saturated carbocycles. The first-order valence-corrected chi connectivity index (χ1v) is 8.07. The van der Waals surface area contributed by atoms with Crippen molar-refractivity contribution < 1.29 is 4.39 Å². The number of benzene rings is 1. The van der Waals surface area contributed by atoms with Gasteiger partial charge in [-0.25, -0.2) is 9.37 Å². The SMILES string of the molecule is CN=C(NCc1ccc(F)c(CN(C)C)c1)N(C)Cc1ncnn1C. The molecule has 0 aliphatic carbocycles. The summed E-state index contributed by atoms with van der Waals surface area (Å²) in [5, 5.41) is 7.37. The quantitative estimate of drug-likeness (QED) is 0.629. The lowest BCUT2D eigenvalue weighted by atomic mass is 10.1. The Morgan fingerprint density at radius 2 is 2.04 bits per heavy atom. The Labute approximate surface area is 148 Å². The van der Waals surface area contributed by atoms with Crippen LogP contribution in [0.25, 0.3) is 0 Å². The highest BCUT2D eigenvalue weighted by molar-refractivity contribution is 5.79. The van der Waals surface area contributed by atoms with Gasteiger partial charge >= 0.3 is 0 Å². The number of hydrogen-bond acceptors (Lipinski definition) is 4. The number of nitrogens with one attached hydrogen (secondary N) is 1. The van der Waals surface area contributed by atoms with Crippen LogP contribution in [0.1, 0.15) is 17.0 Å². The van der Waals surface area contributed by atoms with Crippen molar-refractivity contribution in [2.75, 3.05) is 28.2 Å². The van der Waals surface area contributed by atoms with Crippen molar-refractivity contribution in [2.24, 2.45) is 12.0 Å². The van der Waals surface area contributed by atoms with Crippen LogP contribution in [0.3, 0.4) is 0 Å². The van der Waals surface area contributed by atoms with Gasteiger partial charge in [0.15, 0.2) is 5.96 Å². The summed E-state index contributed by atoms with van der Waals surface area (Å²) in [4.78, 5) is 12.4. The summed E-state index contributed by atoms with van der Waals surface area (Å²) in [5.74, 6) is 1.41. The van der Waals surface area contributed by atoms with Crippen molar-refractivity contribution in [1.29, 1.82) is 0 Å². The van der Waals surface area contributed by atoms with Crippen LogP contribution < -0.4 is 5.32 Å². The van der Waals surface area contributed by atoms with Crippen LogP contribution >= 0.6 is 0 Å². The van der Waals surface area contributed by atoms with Crippen molar-refractivity contribution in [3.8, 4) is 0 Å². The second-order valence-corrected chi connectivity index (χ2v) is 6.22. The fraction of sp³-hybridized carbons (Fsp3) is 0.471. The van der Waals surface area contributed by atoms with Crippen LogP contribution in [0, 0.1) is 5.82 Å². The second kappa shape index (κ2) is 8.57. The fourth-order valence-corrected chi connectivity index (χ4v) is 2.52. The molecule has 1 N–H and O–H groups in total. The molecule has 7 nitrogen and oxygen atoms in total. The Bertz CT molecular complexity index is 724. The molecule has 0 radical (unpaired) electrons. The van der Waals surface area contributed by atoms with Gasteiger partial charge in [0.05, 0.1) is 6.54 Å². The molecule has 1 aromatic heterocycles. The average molecular weight is 347 g/mol. The largest absolute Gasteiger partial charge is 0.352 e. The number of halogens is 1. The van der Waals surface area contributed by atoms with E-state index in [2.05, 4.69) is 20.4 Å². The van der Waals surface area contributed by atoms with E-state index in [0.717, 1.165) is 17.3 Å². The van der Waals surface area contributed by atoms with E-state index in [0.29, 0.717) is 25.2 Å². The first kappa shape index (κ1) is 18.9. The maximum atomic E-state index is 13.9. The lowest BCUT2D eigenvalue weighted by Crippen LogP contribution is -2.38. The third kappa shape index (κ3) is 5.25. The lowest BCUT2D eigenvalue weighted by molar-refractivity contribution is 0.392. The normalized spacial score (nSPS) is 11.9. The number of aromatic nitrogens is 3. The molecule has 0 atom stereocenters. The molecule has 0 unspecified atom stereocenters. The van der Waals surface area contributed by atoms with Gasteiger partial charge in [-0.2, -0.15) is 5.10 Å². The van der Waals surface area contributed by atoms with Crippen LogP contribution in [-0.2, 0) is 26.7 Å². The van der Waals surface area contributed by atoms with E-state index in [-0.39, 0.29) is 5.82 Å². The zero-order chi connectivity index (χ0) is 18.4. The molecule has 0 amide bonds. The maximum absolute atomic E-state index is 13.9. The van der Waals surface area contributed by atoms with Gasteiger partial charge in [0.25, 0.3) is 0 Å². The minimum atomic E-state index is -0.179. The van der Waals surface area contributed by atoms with Gasteiger partial charge in [0.1, 0.15) is 18.0 Å². The number of aliphatic imine (C=N–C) groups is 1. The summed E-state index contributed by atoms with van der Waals surface area (Å²) in [6, 6.07) is 5.19. The third-order valence-corrected chi connectivity index (χ3v) is 3.80. The standard InChI is InChI=1S/C17H26FN7/c1-19-17(24(4)11-16-21-12-22-25(16)5)20-9-13-6-7-15(18)14(8-13)10-23(2)3/h6-8,12H,9-11H2,1-5H3,(H,19,20). The van der Waals surface area contributed by atoms with Gasteiger partial charge in [0.2, 0.25) is 0 Å². The fourth-order valence-electron chi connectivity index (χ4n) is 2.52. The monoisotopic (exact) mass is 347 g/mol. The number of nitrogens with zero attached hydrogens (tertiary/aromatic N) is 6. The van der Waals surface area contributed by atoms with Gasteiger partial charge in [-0.05, 0) is 31.8 Å². The average Bonchev–Trinajstić information content (AvgIpc) is 2.95. The first-order valence-electron chi connectivity index (χ1n) is 8.07. The van der Waals surface area contributed by atoms with Crippen molar-refractivity contribution >= 4 is 5.96 Å². The molecule has 8 heteroatoms. The van der Waals surface area contributed by atoms with E-state index in [1.54, 1.807) is 17.8 Å². The van der Waals surface area contributed by atoms with Crippen LogP contribution in [0.5, 0.6) is 0 Å². The minimum Gasteiger partial charge on any atom is -0.352 e. The van der Waals surface area contributed by atoms with Crippen LogP contribution in [0.15, 0.2) is 29.5 Å². The second-order valence-electron chi connectivity index (χ2n) is 6.22. The zero-order valence-corrected chi connectivity index (χ0v) is 15.5. The van der Waals surface area contributed by atoms with Crippen molar-refractivity contribution in [3.63, 3.8) is 0 Å². The molecular weight excluding hydrogens is 321 g/mol. The third-order valence-electron chi connectivity index (χ3n) is 3.80. The summed E-state index contributed by atoms with van der Waals surface area (Å²) in [6.45, 7) is 1.72. The summed E-state index contributed by atoms with van der Waals surface area (Å²) in [6.07, 6.45) is 1.53. The first-order chi connectivity index (χ1) is 11.9. The number of rotatable bonds is 6. The Morgan fingerprint density at radius 1 is 1.28 bits per heavy atom. The van der Waals surface area contributed by atoms with Gasteiger partial charge in [-0.1, -0.05) is 6.07 Å². The van der Waals surface area contributed by atoms with Crippen molar-refractivity contribution in [2.45, 2.75) is 19.6 Å². The molecule has 2 aromatic rings. The van der Waals surface area contributed by atoms with E-state index < -0.39 is 0 Å². The van der Waals surface area contributed by atoms with E-state index in [1.165, 1.54) is 12.4 Å². The van der Waals surface area contributed by atoms with Crippen LogP contribution in [-0.4, -0.2) is 58.7 Å². The topological polar surface area (TPSA) is 61.6 Å². The van der Waals surface area contributed by atoms with Gasteiger partial charge in [-0.3, -0.25) is 9.67 Å². The Kier molecular flexibility index (Phi) is 6.46. The van der Waals surface area contributed by atoms with E-state index in [4.69, 9.17) is 0 Å². The molecule has 0 fully saturated rings. The molecule has 0 saturated heterocycles. The van der Waals surface area contributed by atoms with Gasteiger partial charge in [-0.15, -0.1) is 0 Å². The van der Waals surface area contributed by atoms with E-state index in [1.807, 2.05) is 44.1 Å². The molecule has 0 aliphatic rings.